The lowest BCUT2D eigenvalue weighted by atomic mass is 10.2. The van der Waals surface area contributed by atoms with Crippen molar-refractivity contribution in [3.63, 3.8) is 0 Å². The number of fused-ring (bicyclic) bond motifs is 1. The lowest BCUT2D eigenvalue weighted by Gasteiger charge is -2.12. The van der Waals surface area contributed by atoms with Crippen molar-refractivity contribution in [1.29, 1.82) is 0 Å². The van der Waals surface area contributed by atoms with Crippen LogP contribution in [0.2, 0.25) is 0 Å². The first-order valence-corrected chi connectivity index (χ1v) is 9.88. The molecule has 0 aliphatic rings. The number of carbonyl (C=O) groups excluding carboxylic acids is 1. The van der Waals surface area contributed by atoms with E-state index in [9.17, 15) is 4.79 Å². The molecule has 0 bridgehead atoms. The number of hydrogen-bond donors (Lipinski definition) is 4. The van der Waals surface area contributed by atoms with Gasteiger partial charge in [0.1, 0.15) is 17.8 Å². The molecule has 5 N–H and O–H groups in total. The van der Waals surface area contributed by atoms with Gasteiger partial charge in [-0.25, -0.2) is 15.0 Å². The third kappa shape index (κ3) is 4.39. The van der Waals surface area contributed by atoms with Gasteiger partial charge in [-0.1, -0.05) is 41.7 Å². The maximum atomic E-state index is 12.0. The zero-order valence-electron chi connectivity index (χ0n) is 16.0. The number of anilines is 4. The highest BCUT2D eigenvalue weighted by Gasteiger charge is 2.12. The monoisotopic (exact) mass is 421 g/mol. The van der Waals surface area contributed by atoms with Crippen molar-refractivity contribution in [3.05, 3.63) is 60.4 Å². The fourth-order valence-corrected chi connectivity index (χ4v) is 3.61. The molecule has 0 spiro atoms. The summed E-state index contributed by atoms with van der Waals surface area (Å²) in [5, 5.41) is 3.78. The normalized spacial score (nSPS) is 10.6. The van der Waals surface area contributed by atoms with Gasteiger partial charge in [0.25, 0.3) is 5.91 Å². The fourth-order valence-electron chi connectivity index (χ4n) is 2.67. The molecule has 0 saturated carbocycles. The smallest absolute Gasteiger partial charge is 0.276 e. The summed E-state index contributed by atoms with van der Waals surface area (Å²) in [6.45, 7) is 1.86. The van der Waals surface area contributed by atoms with Crippen molar-refractivity contribution >= 4 is 49.9 Å². The van der Waals surface area contributed by atoms with Crippen molar-refractivity contribution in [2.24, 2.45) is 0 Å². The molecular weight excluding hydrogens is 402 g/mol. The van der Waals surface area contributed by atoms with E-state index in [0.717, 1.165) is 15.8 Å². The summed E-state index contributed by atoms with van der Waals surface area (Å²) in [7, 11) is 0. The number of hydrogen-bond acceptors (Lipinski definition) is 9. The van der Waals surface area contributed by atoms with Crippen LogP contribution in [0.25, 0.3) is 10.2 Å². The molecule has 0 saturated heterocycles. The van der Waals surface area contributed by atoms with E-state index in [1.165, 1.54) is 17.7 Å². The number of nitrogens with zero attached hydrogens (tertiary/aromatic N) is 3. The van der Waals surface area contributed by atoms with Gasteiger partial charge in [-0.2, -0.15) is 0 Å². The van der Waals surface area contributed by atoms with Gasteiger partial charge in [-0.3, -0.25) is 15.6 Å². The lowest BCUT2D eigenvalue weighted by molar-refractivity contribution is -0.122. The van der Waals surface area contributed by atoms with E-state index >= 15 is 0 Å². The lowest BCUT2D eigenvalue weighted by Crippen LogP contribution is -2.34. The quantitative estimate of drug-likeness (QED) is 0.335. The number of rotatable bonds is 7. The molecule has 2 aromatic carbocycles. The standard InChI is InChI=1S/C20H19N7O2S/c1-12-6-5-9-14-17(12)24-20(30-14)25-18-16(21)19(23-11-22-18)27-26-15(28)10-29-13-7-3-2-4-8-13/h2-9,11H,10,21H2,1H3,(H,26,28)(H2,22,23,24,25,27). The SMILES string of the molecule is Cc1cccc2sc(Nc3ncnc(NNC(=O)COc4ccccc4)c3N)nc12. The first-order chi connectivity index (χ1) is 14.6. The fraction of sp³-hybridized carbons (Fsp3) is 0.100. The van der Waals surface area contributed by atoms with Crippen LogP contribution in [0.3, 0.4) is 0 Å². The Labute approximate surface area is 176 Å². The van der Waals surface area contributed by atoms with Gasteiger partial charge in [0.15, 0.2) is 23.4 Å². The third-order valence-electron chi connectivity index (χ3n) is 4.16. The summed E-state index contributed by atoms with van der Waals surface area (Å²) >= 11 is 1.50. The molecule has 152 valence electrons. The minimum atomic E-state index is -0.381. The number of carbonyl (C=O) groups is 1. The van der Waals surface area contributed by atoms with Crippen LogP contribution >= 0.6 is 11.3 Å². The highest BCUT2D eigenvalue weighted by atomic mass is 32.1. The molecule has 9 nitrogen and oxygen atoms in total. The summed E-state index contributed by atoms with van der Waals surface area (Å²) in [6, 6.07) is 15.1. The molecule has 30 heavy (non-hydrogen) atoms. The van der Waals surface area contributed by atoms with Gasteiger partial charge in [0.05, 0.1) is 10.2 Å². The Morgan fingerprint density at radius 2 is 1.90 bits per heavy atom. The van der Waals surface area contributed by atoms with Crippen molar-refractivity contribution in [1.82, 2.24) is 20.4 Å². The Morgan fingerprint density at radius 1 is 1.10 bits per heavy atom. The summed E-state index contributed by atoms with van der Waals surface area (Å²) in [4.78, 5) is 24.8. The van der Waals surface area contributed by atoms with Crippen LogP contribution < -0.4 is 26.6 Å². The summed E-state index contributed by atoms with van der Waals surface area (Å²) in [5.74, 6) is 0.872. The molecule has 1 amide bonds. The van der Waals surface area contributed by atoms with E-state index in [2.05, 4.69) is 31.1 Å². The molecule has 0 atom stereocenters. The number of hydrazine groups is 1. The highest BCUT2D eigenvalue weighted by Crippen LogP contribution is 2.32. The number of nitrogens with one attached hydrogen (secondary N) is 3. The Bertz CT molecular complexity index is 1180. The van der Waals surface area contributed by atoms with Crippen LogP contribution in [-0.4, -0.2) is 27.5 Å². The second-order valence-corrected chi connectivity index (χ2v) is 7.36. The third-order valence-corrected chi connectivity index (χ3v) is 5.10. The summed E-state index contributed by atoms with van der Waals surface area (Å²) in [5.41, 5.74) is 13.6. The molecule has 0 fully saturated rings. The van der Waals surface area contributed by atoms with Gasteiger partial charge in [-0.15, -0.1) is 0 Å². The average Bonchev–Trinajstić information content (AvgIpc) is 3.18. The molecule has 0 aliphatic carbocycles. The molecule has 0 radical (unpaired) electrons. The van der Waals surface area contributed by atoms with Crippen LogP contribution in [0, 0.1) is 6.92 Å². The second-order valence-electron chi connectivity index (χ2n) is 6.33. The number of para-hydroxylation sites is 2. The van der Waals surface area contributed by atoms with E-state index in [1.807, 2.05) is 43.3 Å². The van der Waals surface area contributed by atoms with Crippen LogP contribution in [0.5, 0.6) is 5.75 Å². The topological polar surface area (TPSA) is 127 Å². The van der Waals surface area contributed by atoms with Crippen molar-refractivity contribution < 1.29 is 9.53 Å². The predicted octanol–water partition coefficient (Wildman–Crippen LogP) is 3.24. The van der Waals surface area contributed by atoms with Gasteiger partial charge < -0.3 is 15.8 Å². The largest absolute Gasteiger partial charge is 0.484 e. The average molecular weight is 421 g/mol. The molecule has 2 heterocycles. The van der Waals surface area contributed by atoms with E-state index in [4.69, 9.17) is 10.5 Å². The minimum Gasteiger partial charge on any atom is -0.484 e. The number of aryl methyl sites for hydroxylation is 1. The number of benzene rings is 2. The van der Waals surface area contributed by atoms with Crippen LogP contribution in [-0.2, 0) is 4.79 Å². The molecule has 10 heteroatoms. The summed E-state index contributed by atoms with van der Waals surface area (Å²) < 4.78 is 6.46. The van der Waals surface area contributed by atoms with E-state index in [1.54, 1.807) is 12.1 Å². The number of ether oxygens (including phenoxy) is 1. The number of amides is 1. The van der Waals surface area contributed by atoms with Gasteiger partial charge in [0, 0.05) is 0 Å². The van der Waals surface area contributed by atoms with E-state index < -0.39 is 0 Å². The maximum absolute atomic E-state index is 12.0. The van der Waals surface area contributed by atoms with Crippen molar-refractivity contribution in [3.8, 4) is 5.75 Å². The first-order valence-electron chi connectivity index (χ1n) is 9.06. The molecule has 2 aromatic heterocycles. The van der Waals surface area contributed by atoms with Gasteiger partial charge in [-0.05, 0) is 30.7 Å². The Balaban J connectivity index is 1.39. The zero-order chi connectivity index (χ0) is 20.9. The Kier molecular flexibility index (Phi) is 5.57. The van der Waals surface area contributed by atoms with Crippen molar-refractivity contribution in [2.75, 3.05) is 23.1 Å². The Morgan fingerprint density at radius 3 is 2.70 bits per heavy atom. The van der Waals surface area contributed by atoms with E-state index in [0.29, 0.717) is 16.7 Å². The number of thiazole rings is 1. The number of aromatic nitrogens is 3. The predicted molar refractivity (Wildman–Crippen MR) is 118 cm³/mol. The molecule has 4 rings (SSSR count). The summed E-state index contributed by atoms with van der Waals surface area (Å²) in [6.07, 6.45) is 1.34. The van der Waals surface area contributed by atoms with Crippen molar-refractivity contribution in [2.45, 2.75) is 6.92 Å². The Hall–Kier alpha value is -3.92. The van der Waals surface area contributed by atoms with Gasteiger partial charge >= 0.3 is 0 Å². The van der Waals surface area contributed by atoms with Crippen LogP contribution in [0.1, 0.15) is 5.56 Å². The number of nitrogens with two attached hydrogens (primary N) is 1. The van der Waals surface area contributed by atoms with E-state index in [-0.39, 0.29) is 24.0 Å². The molecule has 4 aromatic rings. The first kappa shape index (κ1) is 19.4. The maximum Gasteiger partial charge on any atom is 0.276 e. The number of nitrogen functional groups attached to an aromatic ring is 1. The minimum absolute atomic E-state index is 0.155. The van der Waals surface area contributed by atoms with Crippen LogP contribution in [0.4, 0.5) is 22.5 Å². The molecule has 0 aliphatic heterocycles. The molecule has 0 unspecified atom stereocenters. The van der Waals surface area contributed by atoms with Crippen LogP contribution in [0.15, 0.2) is 54.9 Å². The van der Waals surface area contributed by atoms with Gasteiger partial charge in [0.2, 0.25) is 0 Å². The highest BCUT2D eigenvalue weighted by molar-refractivity contribution is 7.22. The zero-order valence-corrected chi connectivity index (χ0v) is 16.9. The second kappa shape index (κ2) is 8.62. The molecular formula is C20H19N7O2S.